The molecule has 2 nitrogen and oxygen atoms in total. The second-order valence-corrected chi connectivity index (χ2v) is 16.7. The zero-order valence-corrected chi connectivity index (χ0v) is 16.1. The molecule has 0 aliphatic carbocycles. The average molecular weight is 301 g/mol. The van der Waals surface area contributed by atoms with E-state index in [2.05, 4.69) is 66.2 Å². The second-order valence-electron chi connectivity index (χ2n) is 7.48. The highest BCUT2D eigenvalue weighted by molar-refractivity contribution is 6.74. The molecule has 0 spiro atoms. The van der Waals surface area contributed by atoms with Crippen molar-refractivity contribution >= 4 is 16.6 Å². The molecule has 0 aliphatic heterocycles. The lowest BCUT2D eigenvalue weighted by atomic mass is 10.2. The molecule has 0 amide bonds. The Kier molecular flexibility index (Phi) is 6.79. The summed E-state index contributed by atoms with van der Waals surface area (Å²) in [5.41, 5.74) is 0. The van der Waals surface area contributed by atoms with Crippen LogP contribution in [-0.4, -0.2) is 23.2 Å². The average Bonchev–Trinajstić information content (AvgIpc) is 2.11. The maximum atomic E-state index is 6.10. The Morgan fingerprint density at radius 2 is 1.63 bits per heavy atom. The van der Waals surface area contributed by atoms with Crippen LogP contribution in [0.3, 0.4) is 0 Å². The summed E-state index contributed by atoms with van der Waals surface area (Å²) in [6.07, 6.45) is 4.98. The van der Waals surface area contributed by atoms with Gasteiger partial charge in [-0.3, -0.25) is 0 Å². The van der Waals surface area contributed by atoms with E-state index >= 15 is 0 Å². The van der Waals surface area contributed by atoms with Crippen LogP contribution in [0.1, 0.15) is 27.2 Å². The molecule has 0 aromatic rings. The normalized spacial score (nSPS) is 13.9. The van der Waals surface area contributed by atoms with Crippen LogP contribution in [0.2, 0.25) is 37.8 Å². The van der Waals surface area contributed by atoms with Gasteiger partial charge in [-0.05, 0) is 50.3 Å². The highest BCUT2D eigenvalue weighted by Gasteiger charge is 2.36. The van der Waals surface area contributed by atoms with Crippen molar-refractivity contribution < 1.29 is 8.85 Å². The van der Waals surface area contributed by atoms with E-state index < -0.39 is 16.6 Å². The predicted octanol–water partition coefficient (Wildman–Crippen LogP) is 5.32. The molecular formula is C15H32O2Si2. The largest absolute Gasteiger partial charge is 0.545 e. The summed E-state index contributed by atoms with van der Waals surface area (Å²) < 4.78 is 11.9. The standard InChI is InChI=1S/C15H32O2Si2/c1-14(17-18(5,6)7)12-10-11-13-16-19(8,9)15(2,3)4/h10,12H,1,11,13H2,2-9H3/b12-10+. The monoisotopic (exact) mass is 300 g/mol. The zero-order valence-electron chi connectivity index (χ0n) is 14.1. The summed E-state index contributed by atoms with van der Waals surface area (Å²) in [4.78, 5) is 0. The lowest BCUT2D eigenvalue weighted by Gasteiger charge is -2.36. The molecule has 0 radical (unpaired) electrons. The van der Waals surface area contributed by atoms with Crippen molar-refractivity contribution in [1.82, 2.24) is 0 Å². The maximum Gasteiger partial charge on any atom is 0.242 e. The summed E-state index contributed by atoms with van der Waals surface area (Å²) in [6, 6.07) is 0. The molecule has 0 fully saturated rings. The van der Waals surface area contributed by atoms with Gasteiger partial charge in [0.2, 0.25) is 8.32 Å². The molecule has 0 saturated heterocycles. The molecule has 0 aromatic carbocycles. The number of hydrogen-bond acceptors (Lipinski definition) is 2. The molecular weight excluding hydrogens is 268 g/mol. The third-order valence-electron chi connectivity index (χ3n) is 3.29. The van der Waals surface area contributed by atoms with E-state index in [4.69, 9.17) is 8.85 Å². The molecule has 0 N–H and O–H groups in total. The maximum absolute atomic E-state index is 6.10. The van der Waals surface area contributed by atoms with E-state index in [1.807, 2.05) is 6.08 Å². The van der Waals surface area contributed by atoms with E-state index in [0.717, 1.165) is 18.8 Å². The van der Waals surface area contributed by atoms with Crippen molar-refractivity contribution in [3.8, 4) is 0 Å². The van der Waals surface area contributed by atoms with Crippen molar-refractivity contribution in [3.63, 3.8) is 0 Å². The number of hydrogen-bond donors (Lipinski definition) is 0. The highest BCUT2D eigenvalue weighted by Crippen LogP contribution is 2.36. The quantitative estimate of drug-likeness (QED) is 0.274. The minimum absolute atomic E-state index is 0.279. The third kappa shape index (κ3) is 8.45. The van der Waals surface area contributed by atoms with Crippen LogP contribution >= 0.6 is 0 Å². The smallest absolute Gasteiger partial charge is 0.242 e. The SMILES string of the molecule is C=C(/C=C/CCO[Si](C)(C)C(C)(C)C)O[Si](C)(C)C. The molecule has 0 heterocycles. The fourth-order valence-electron chi connectivity index (χ4n) is 1.24. The predicted molar refractivity (Wildman–Crippen MR) is 90.5 cm³/mol. The lowest BCUT2D eigenvalue weighted by Crippen LogP contribution is -2.40. The van der Waals surface area contributed by atoms with Crippen LogP contribution in [0.5, 0.6) is 0 Å². The summed E-state index contributed by atoms with van der Waals surface area (Å²) in [5.74, 6) is 0.770. The first kappa shape index (κ1) is 18.7. The fourth-order valence-corrected chi connectivity index (χ4v) is 3.16. The molecule has 112 valence electrons. The Morgan fingerprint density at radius 1 is 1.11 bits per heavy atom. The zero-order chi connectivity index (χ0) is 15.3. The summed E-state index contributed by atoms with van der Waals surface area (Å²) in [7, 11) is -3.12. The van der Waals surface area contributed by atoms with Gasteiger partial charge >= 0.3 is 0 Å². The molecule has 0 saturated carbocycles. The van der Waals surface area contributed by atoms with Crippen LogP contribution in [-0.2, 0) is 8.85 Å². The van der Waals surface area contributed by atoms with E-state index in [-0.39, 0.29) is 5.04 Å². The second kappa shape index (κ2) is 6.91. The molecule has 0 unspecified atom stereocenters. The first-order valence-electron chi connectivity index (χ1n) is 7.03. The minimum atomic E-state index is -1.60. The van der Waals surface area contributed by atoms with Crippen molar-refractivity contribution in [2.24, 2.45) is 0 Å². The van der Waals surface area contributed by atoms with Crippen molar-refractivity contribution in [2.45, 2.75) is 65.0 Å². The van der Waals surface area contributed by atoms with Gasteiger partial charge in [-0.15, -0.1) is 0 Å². The van der Waals surface area contributed by atoms with Gasteiger partial charge in [-0.2, -0.15) is 0 Å². The highest BCUT2D eigenvalue weighted by atomic mass is 28.4. The first-order valence-corrected chi connectivity index (χ1v) is 13.4. The Bertz CT molecular complexity index is 320. The lowest BCUT2D eigenvalue weighted by molar-refractivity contribution is 0.294. The van der Waals surface area contributed by atoms with Crippen LogP contribution < -0.4 is 0 Å². The van der Waals surface area contributed by atoms with E-state index in [1.54, 1.807) is 0 Å². The molecule has 19 heavy (non-hydrogen) atoms. The van der Waals surface area contributed by atoms with Crippen LogP contribution in [0, 0.1) is 0 Å². The van der Waals surface area contributed by atoms with E-state index in [1.165, 1.54) is 0 Å². The van der Waals surface area contributed by atoms with Crippen molar-refractivity contribution in [1.29, 1.82) is 0 Å². The Hall–Kier alpha value is -0.326. The molecule has 0 aromatic heterocycles. The third-order valence-corrected chi connectivity index (χ3v) is 8.71. The van der Waals surface area contributed by atoms with Crippen LogP contribution in [0.4, 0.5) is 0 Å². The summed E-state index contributed by atoms with van der Waals surface area (Å²) in [6.45, 7) is 22.5. The Balaban J connectivity index is 4.03. The van der Waals surface area contributed by atoms with Gasteiger partial charge in [0.25, 0.3) is 0 Å². The molecule has 0 bridgehead atoms. The van der Waals surface area contributed by atoms with E-state index in [0.29, 0.717) is 0 Å². The van der Waals surface area contributed by atoms with Gasteiger partial charge in [0, 0.05) is 6.61 Å². The van der Waals surface area contributed by atoms with Crippen LogP contribution in [0.15, 0.2) is 24.5 Å². The van der Waals surface area contributed by atoms with Gasteiger partial charge in [-0.25, -0.2) is 0 Å². The molecule has 0 rings (SSSR count). The Morgan fingerprint density at radius 3 is 2.05 bits per heavy atom. The number of rotatable bonds is 7. The first-order chi connectivity index (χ1) is 8.35. The summed E-state index contributed by atoms with van der Waals surface area (Å²) in [5, 5.41) is 0.279. The number of allylic oxidation sites excluding steroid dienone is 1. The fraction of sp³-hybridized carbons (Fsp3) is 0.733. The molecule has 4 heteroatoms. The van der Waals surface area contributed by atoms with Crippen molar-refractivity contribution in [3.05, 3.63) is 24.5 Å². The van der Waals surface area contributed by atoms with Gasteiger partial charge in [-0.1, -0.05) is 33.4 Å². The summed E-state index contributed by atoms with van der Waals surface area (Å²) >= 11 is 0. The van der Waals surface area contributed by atoms with Crippen LogP contribution in [0.25, 0.3) is 0 Å². The topological polar surface area (TPSA) is 18.5 Å². The van der Waals surface area contributed by atoms with Crippen molar-refractivity contribution in [2.75, 3.05) is 6.61 Å². The molecule has 0 aliphatic rings. The van der Waals surface area contributed by atoms with Gasteiger partial charge < -0.3 is 8.85 Å². The van der Waals surface area contributed by atoms with Gasteiger partial charge in [0.05, 0.1) is 5.76 Å². The minimum Gasteiger partial charge on any atom is -0.545 e. The van der Waals surface area contributed by atoms with Gasteiger partial charge in [0.1, 0.15) is 0 Å². The van der Waals surface area contributed by atoms with E-state index in [9.17, 15) is 0 Å². The van der Waals surface area contributed by atoms with Gasteiger partial charge in [0.15, 0.2) is 8.32 Å². The Labute approximate surface area is 122 Å². The molecule has 0 atom stereocenters.